The molecule has 0 bridgehead atoms. The lowest BCUT2D eigenvalue weighted by Gasteiger charge is -2.10. The Morgan fingerprint density at radius 2 is 2.25 bits per heavy atom. The molecule has 1 unspecified atom stereocenters. The highest BCUT2D eigenvalue weighted by molar-refractivity contribution is 7.10. The van der Waals surface area contributed by atoms with Crippen molar-refractivity contribution in [2.24, 2.45) is 0 Å². The van der Waals surface area contributed by atoms with E-state index in [9.17, 15) is 0 Å². The molecule has 0 radical (unpaired) electrons. The molecule has 0 saturated heterocycles. The number of hydrogen-bond acceptors (Lipinski definition) is 4. The van der Waals surface area contributed by atoms with Crippen molar-refractivity contribution < 1.29 is 0 Å². The van der Waals surface area contributed by atoms with Gasteiger partial charge in [0, 0.05) is 23.0 Å². The molecule has 16 heavy (non-hydrogen) atoms. The molecule has 0 spiro atoms. The van der Waals surface area contributed by atoms with Crippen molar-refractivity contribution in [1.29, 1.82) is 0 Å². The Labute approximate surface area is 104 Å². The van der Waals surface area contributed by atoms with Gasteiger partial charge < -0.3 is 5.32 Å². The first-order chi connectivity index (χ1) is 7.81. The summed E-state index contributed by atoms with van der Waals surface area (Å²) >= 11 is 3.54. The Balaban J connectivity index is 1.92. The van der Waals surface area contributed by atoms with Crippen molar-refractivity contribution >= 4 is 22.7 Å². The summed E-state index contributed by atoms with van der Waals surface area (Å²) in [6, 6.07) is 2.56. The first-order valence-corrected chi connectivity index (χ1v) is 7.25. The molecular weight excluding hydrogens is 236 g/mol. The van der Waals surface area contributed by atoms with Crippen molar-refractivity contribution in [1.82, 2.24) is 10.3 Å². The van der Waals surface area contributed by atoms with Gasteiger partial charge in [0.05, 0.1) is 6.04 Å². The Hall–Kier alpha value is -0.710. The zero-order valence-corrected chi connectivity index (χ0v) is 11.2. The van der Waals surface area contributed by atoms with E-state index in [0.717, 1.165) is 18.0 Å². The van der Waals surface area contributed by atoms with Crippen LogP contribution in [0.2, 0.25) is 0 Å². The van der Waals surface area contributed by atoms with Crippen LogP contribution in [0.15, 0.2) is 23.0 Å². The molecule has 0 amide bonds. The molecule has 2 aromatic heterocycles. The van der Waals surface area contributed by atoms with E-state index in [-0.39, 0.29) is 0 Å². The molecule has 0 aliphatic rings. The van der Waals surface area contributed by atoms with E-state index in [1.54, 1.807) is 11.3 Å². The smallest absolute Gasteiger partial charge is 0.109 e. The highest BCUT2D eigenvalue weighted by Gasteiger charge is 2.08. The summed E-state index contributed by atoms with van der Waals surface area (Å²) < 4.78 is 0. The average Bonchev–Trinajstić information content (AvgIpc) is 2.96. The van der Waals surface area contributed by atoms with Crippen LogP contribution in [0.5, 0.6) is 0 Å². The van der Waals surface area contributed by atoms with Gasteiger partial charge in [-0.2, -0.15) is 0 Å². The minimum Gasteiger partial charge on any atom is -0.303 e. The van der Waals surface area contributed by atoms with Crippen LogP contribution in [-0.2, 0) is 13.0 Å². The zero-order chi connectivity index (χ0) is 11.4. The van der Waals surface area contributed by atoms with Gasteiger partial charge in [0.2, 0.25) is 0 Å². The lowest BCUT2D eigenvalue weighted by Crippen LogP contribution is -2.17. The fraction of sp³-hybridized carbons (Fsp3) is 0.417. The van der Waals surface area contributed by atoms with E-state index in [4.69, 9.17) is 0 Å². The summed E-state index contributed by atoms with van der Waals surface area (Å²) in [5.74, 6) is 0. The minimum atomic E-state index is 0.340. The van der Waals surface area contributed by atoms with E-state index >= 15 is 0 Å². The van der Waals surface area contributed by atoms with Gasteiger partial charge >= 0.3 is 0 Å². The first kappa shape index (κ1) is 11.8. The lowest BCUT2D eigenvalue weighted by molar-refractivity contribution is 0.574. The largest absolute Gasteiger partial charge is 0.303 e. The van der Waals surface area contributed by atoms with Crippen molar-refractivity contribution in [2.45, 2.75) is 32.9 Å². The fourth-order valence-electron chi connectivity index (χ4n) is 1.62. The van der Waals surface area contributed by atoms with Gasteiger partial charge in [-0.05, 0) is 30.4 Å². The topological polar surface area (TPSA) is 24.9 Å². The highest BCUT2D eigenvalue weighted by Crippen LogP contribution is 2.20. The van der Waals surface area contributed by atoms with Crippen molar-refractivity contribution in [3.63, 3.8) is 0 Å². The van der Waals surface area contributed by atoms with Crippen molar-refractivity contribution in [2.75, 3.05) is 0 Å². The summed E-state index contributed by atoms with van der Waals surface area (Å²) in [5.41, 5.74) is 1.46. The zero-order valence-electron chi connectivity index (χ0n) is 9.56. The number of rotatable bonds is 5. The summed E-state index contributed by atoms with van der Waals surface area (Å²) in [7, 11) is 0. The molecule has 1 atom stereocenters. The van der Waals surface area contributed by atoms with Gasteiger partial charge in [-0.25, -0.2) is 4.98 Å². The molecule has 0 aliphatic carbocycles. The lowest BCUT2D eigenvalue weighted by atomic mass is 10.2. The Kier molecular flexibility index (Phi) is 4.09. The van der Waals surface area contributed by atoms with Crippen LogP contribution in [0, 0.1) is 0 Å². The third-order valence-corrected chi connectivity index (χ3v) is 4.53. The second-order valence-electron chi connectivity index (χ2n) is 3.70. The van der Waals surface area contributed by atoms with Gasteiger partial charge in [0.1, 0.15) is 5.01 Å². The minimum absolute atomic E-state index is 0.340. The van der Waals surface area contributed by atoms with E-state index in [1.807, 2.05) is 22.9 Å². The molecule has 86 valence electrons. The monoisotopic (exact) mass is 252 g/mol. The summed E-state index contributed by atoms with van der Waals surface area (Å²) in [5, 5.41) is 8.88. The number of thiophene rings is 1. The maximum atomic E-state index is 4.32. The molecule has 2 heterocycles. The number of aromatic nitrogens is 1. The SMILES string of the molecule is CCc1ccsc1CNC(C)c1nccs1. The van der Waals surface area contributed by atoms with Crippen molar-refractivity contribution in [3.8, 4) is 0 Å². The second-order valence-corrected chi connectivity index (χ2v) is 5.62. The van der Waals surface area contributed by atoms with Crippen LogP contribution < -0.4 is 5.32 Å². The van der Waals surface area contributed by atoms with E-state index in [2.05, 4.69) is 35.6 Å². The first-order valence-electron chi connectivity index (χ1n) is 5.49. The van der Waals surface area contributed by atoms with Crippen molar-refractivity contribution in [3.05, 3.63) is 38.5 Å². The molecule has 0 saturated carbocycles. The normalized spacial score (nSPS) is 12.9. The fourth-order valence-corrected chi connectivity index (χ4v) is 3.22. The van der Waals surface area contributed by atoms with Crippen LogP contribution in [0.1, 0.15) is 35.3 Å². The van der Waals surface area contributed by atoms with Gasteiger partial charge in [-0.1, -0.05) is 6.92 Å². The quantitative estimate of drug-likeness (QED) is 0.879. The van der Waals surface area contributed by atoms with Gasteiger partial charge in [0.25, 0.3) is 0 Å². The maximum Gasteiger partial charge on any atom is 0.109 e. The third-order valence-electron chi connectivity index (χ3n) is 2.61. The third kappa shape index (κ3) is 2.70. The molecule has 2 nitrogen and oxygen atoms in total. The maximum absolute atomic E-state index is 4.32. The van der Waals surface area contributed by atoms with Gasteiger partial charge in [-0.3, -0.25) is 0 Å². The van der Waals surface area contributed by atoms with Gasteiger partial charge in [-0.15, -0.1) is 22.7 Å². The number of thiazole rings is 1. The average molecular weight is 252 g/mol. The molecule has 2 aromatic rings. The second kappa shape index (κ2) is 5.57. The predicted octanol–water partition coefficient (Wildman–Crippen LogP) is 3.62. The number of nitrogens with one attached hydrogen (secondary N) is 1. The predicted molar refractivity (Wildman–Crippen MR) is 71.1 cm³/mol. The van der Waals surface area contributed by atoms with E-state index < -0.39 is 0 Å². The number of nitrogens with zero attached hydrogens (tertiary/aromatic N) is 1. The summed E-state index contributed by atoms with van der Waals surface area (Å²) in [6.45, 7) is 5.31. The van der Waals surface area contributed by atoms with Crippen LogP contribution >= 0.6 is 22.7 Å². The Morgan fingerprint density at radius 1 is 1.38 bits per heavy atom. The van der Waals surface area contributed by atoms with Crippen LogP contribution in [0.3, 0.4) is 0 Å². The standard InChI is InChI=1S/C12H16N2S2/c1-3-10-4-6-15-11(10)8-14-9(2)12-13-5-7-16-12/h4-7,9,14H,3,8H2,1-2H3. The Bertz CT molecular complexity index is 420. The Morgan fingerprint density at radius 3 is 2.94 bits per heavy atom. The van der Waals surface area contributed by atoms with E-state index in [0.29, 0.717) is 6.04 Å². The number of aryl methyl sites for hydroxylation is 1. The summed E-state index contributed by atoms with van der Waals surface area (Å²) in [6.07, 6.45) is 2.98. The molecule has 0 fully saturated rings. The molecule has 0 aromatic carbocycles. The highest BCUT2D eigenvalue weighted by atomic mass is 32.1. The molecule has 1 N–H and O–H groups in total. The number of hydrogen-bond donors (Lipinski definition) is 1. The van der Waals surface area contributed by atoms with Crippen LogP contribution in [0.4, 0.5) is 0 Å². The van der Waals surface area contributed by atoms with E-state index in [1.165, 1.54) is 10.4 Å². The molecular formula is C12H16N2S2. The van der Waals surface area contributed by atoms with Gasteiger partial charge in [0.15, 0.2) is 0 Å². The molecule has 4 heteroatoms. The van der Waals surface area contributed by atoms with Crippen LogP contribution in [-0.4, -0.2) is 4.98 Å². The van der Waals surface area contributed by atoms with Crippen LogP contribution in [0.25, 0.3) is 0 Å². The molecule has 0 aliphatic heterocycles. The molecule has 2 rings (SSSR count). The summed E-state index contributed by atoms with van der Waals surface area (Å²) in [4.78, 5) is 5.77.